The Bertz CT molecular complexity index is 1270. The van der Waals surface area contributed by atoms with Gasteiger partial charge in [-0.2, -0.15) is 10.5 Å². The van der Waals surface area contributed by atoms with E-state index in [4.69, 9.17) is 33.7 Å². The zero-order valence-electron chi connectivity index (χ0n) is 17.6. The molecule has 12 heteroatoms. The van der Waals surface area contributed by atoms with Crippen LogP contribution in [0.15, 0.2) is 45.4 Å². The molecular weight excluding hydrogens is 503 g/mol. The van der Waals surface area contributed by atoms with Crippen molar-refractivity contribution in [2.24, 2.45) is 8.73 Å². The van der Waals surface area contributed by atoms with Crippen LogP contribution in [0.5, 0.6) is 0 Å². The van der Waals surface area contributed by atoms with E-state index in [1.807, 2.05) is 6.07 Å². The summed E-state index contributed by atoms with van der Waals surface area (Å²) in [4.78, 5) is 7.90. The van der Waals surface area contributed by atoms with Crippen molar-refractivity contribution in [3.05, 3.63) is 58.1 Å². The van der Waals surface area contributed by atoms with Crippen molar-refractivity contribution in [1.82, 2.24) is 9.97 Å². The summed E-state index contributed by atoms with van der Waals surface area (Å²) in [6, 6.07) is 6.86. The van der Waals surface area contributed by atoms with Crippen LogP contribution in [0.4, 0.5) is 0 Å². The zero-order valence-corrected chi connectivity index (χ0v) is 20.7. The van der Waals surface area contributed by atoms with Crippen LogP contribution in [0.2, 0.25) is 10.3 Å². The lowest BCUT2D eigenvalue weighted by atomic mass is 9.98. The lowest BCUT2D eigenvalue weighted by molar-refractivity contribution is 0.586. The van der Waals surface area contributed by atoms with Gasteiger partial charge in [-0.25, -0.2) is 18.4 Å². The smallest absolute Gasteiger partial charge is 0.214 e. The van der Waals surface area contributed by atoms with Gasteiger partial charge >= 0.3 is 0 Å². The maximum Gasteiger partial charge on any atom is 0.214 e. The minimum atomic E-state index is -2.61. The highest BCUT2D eigenvalue weighted by molar-refractivity contribution is 7.94. The summed E-state index contributed by atoms with van der Waals surface area (Å²) in [6.45, 7) is 0. The largest absolute Gasteiger partial charge is 0.249 e. The Kier molecular flexibility index (Phi) is 10.7. The second-order valence-electron chi connectivity index (χ2n) is 7.35. The Hall–Kier alpha value is -2.24. The molecule has 0 bridgehead atoms. The van der Waals surface area contributed by atoms with Crippen LogP contribution in [0, 0.1) is 22.9 Å². The molecule has 0 radical (unpaired) electrons. The van der Waals surface area contributed by atoms with Gasteiger partial charge in [0.05, 0.1) is 30.0 Å². The first-order chi connectivity index (χ1) is 15.0. The lowest BCUT2D eigenvalue weighted by Crippen LogP contribution is -2.31. The summed E-state index contributed by atoms with van der Waals surface area (Å²) in [5.41, 5.74) is 1.62. The summed E-state index contributed by atoms with van der Waals surface area (Å²) >= 11 is 11.4. The van der Waals surface area contributed by atoms with E-state index < -0.39 is 24.2 Å². The summed E-state index contributed by atoms with van der Waals surface area (Å²) < 4.78 is 30.8. The first-order valence-corrected chi connectivity index (χ1v) is 14.2. The fraction of sp³-hybridized carbons (Fsp3) is 0.429. The minimum absolute atomic E-state index is 0. The molecule has 180 valence electrons. The van der Waals surface area contributed by atoms with Crippen molar-refractivity contribution in [3.63, 3.8) is 0 Å². The second-order valence-corrected chi connectivity index (χ2v) is 13.1. The molecule has 2 aromatic heterocycles. The molecule has 2 aromatic rings. The number of rotatable bonds is 4. The van der Waals surface area contributed by atoms with Crippen molar-refractivity contribution >= 4 is 42.7 Å². The highest BCUT2D eigenvalue weighted by atomic mass is 35.5. The number of nitrogens with zero attached hydrogens (tertiary/aromatic N) is 6. The molecule has 1 fully saturated rings. The molecule has 0 aromatic carbocycles. The van der Waals surface area contributed by atoms with E-state index in [1.165, 1.54) is 12.5 Å². The highest BCUT2D eigenvalue weighted by Crippen LogP contribution is 2.46. The number of hydrogen-bond donors (Lipinski definition) is 0. The molecule has 2 unspecified atom stereocenters. The van der Waals surface area contributed by atoms with Crippen LogP contribution < -0.4 is 0 Å². The van der Waals surface area contributed by atoms with Crippen LogP contribution >= 0.6 is 23.2 Å². The molecule has 0 aliphatic heterocycles. The highest BCUT2D eigenvalue weighted by Gasteiger charge is 2.43. The van der Waals surface area contributed by atoms with Crippen molar-refractivity contribution in [2.75, 3.05) is 12.5 Å². The average molecular weight is 533 g/mol. The molecule has 0 saturated heterocycles. The molecule has 2 atom stereocenters. The van der Waals surface area contributed by atoms with E-state index in [1.54, 1.807) is 43.0 Å². The third kappa shape index (κ3) is 7.65. The molecule has 2 heterocycles. The van der Waals surface area contributed by atoms with Gasteiger partial charge in [0, 0.05) is 26.3 Å². The van der Waals surface area contributed by atoms with Crippen molar-refractivity contribution in [3.8, 4) is 12.4 Å². The predicted molar refractivity (Wildman–Crippen MR) is 135 cm³/mol. The first kappa shape index (κ1) is 28.8. The molecule has 8 nitrogen and oxygen atoms in total. The van der Waals surface area contributed by atoms with Gasteiger partial charge in [-0.1, -0.05) is 55.6 Å². The molecular formula is C21H28Cl2N6O2S2. The maximum absolute atomic E-state index is 12.7. The van der Waals surface area contributed by atoms with Crippen molar-refractivity contribution < 1.29 is 9.84 Å². The van der Waals surface area contributed by atoms with Gasteiger partial charge in [0.25, 0.3) is 0 Å². The molecule has 33 heavy (non-hydrogen) atoms. The molecule has 1 aliphatic rings. The summed E-state index contributed by atoms with van der Waals surface area (Å²) in [5, 5.41) is 17.8. The monoisotopic (exact) mass is 531 g/mol. The molecule has 0 amide bonds. The van der Waals surface area contributed by atoms with Crippen molar-refractivity contribution in [1.29, 1.82) is 10.5 Å². The lowest BCUT2D eigenvalue weighted by Gasteiger charge is -2.29. The Labute approximate surface area is 207 Å². The third-order valence-corrected chi connectivity index (χ3v) is 9.37. The van der Waals surface area contributed by atoms with Gasteiger partial charge in [-0.3, -0.25) is 0 Å². The Balaban J connectivity index is 0.000000623. The van der Waals surface area contributed by atoms with Crippen molar-refractivity contribution in [2.45, 2.75) is 43.6 Å². The van der Waals surface area contributed by atoms with E-state index in [2.05, 4.69) is 18.7 Å². The fourth-order valence-electron chi connectivity index (χ4n) is 3.56. The normalized spacial score (nSPS) is 17.4. The van der Waals surface area contributed by atoms with E-state index in [0.29, 0.717) is 10.3 Å². The van der Waals surface area contributed by atoms with Gasteiger partial charge in [0.2, 0.25) is 12.4 Å². The first-order valence-electron chi connectivity index (χ1n) is 9.45. The van der Waals surface area contributed by atoms with E-state index in [0.717, 1.165) is 36.8 Å². The number of hydrogen-bond acceptors (Lipinski definition) is 8. The Morgan fingerprint density at radius 2 is 1.55 bits per heavy atom. The van der Waals surface area contributed by atoms with Gasteiger partial charge in [0.15, 0.2) is 0 Å². The van der Waals surface area contributed by atoms with Crippen LogP contribution in [-0.4, -0.2) is 30.9 Å². The Morgan fingerprint density at radius 1 is 1.00 bits per heavy atom. The molecule has 0 spiro atoms. The van der Waals surface area contributed by atoms with Crippen LogP contribution in [0.3, 0.4) is 0 Å². The number of pyridine rings is 2. The summed E-state index contributed by atoms with van der Waals surface area (Å²) in [7, 11) is -5.07. The van der Waals surface area contributed by atoms with Crippen LogP contribution in [0.1, 0.15) is 45.7 Å². The number of halogens is 2. The second kappa shape index (κ2) is 12.3. The van der Waals surface area contributed by atoms with Gasteiger partial charge in [-0.05, 0) is 36.1 Å². The topological polar surface area (TPSA) is 132 Å². The van der Waals surface area contributed by atoms with Crippen LogP contribution in [0.25, 0.3) is 0 Å². The van der Waals surface area contributed by atoms with E-state index in [-0.39, 0.29) is 14.6 Å². The van der Waals surface area contributed by atoms with Gasteiger partial charge in [-0.15, -0.1) is 8.73 Å². The van der Waals surface area contributed by atoms with E-state index >= 15 is 0 Å². The molecule has 1 aliphatic carbocycles. The van der Waals surface area contributed by atoms with E-state index in [9.17, 15) is 8.42 Å². The minimum Gasteiger partial charge on any atom is -0.249 e. The Morgan fingerprint density at radius 3 is 2.00 bits per heavy atom. The third-order valence-electron chi connectivity index (χ3n) is 5.06. The van der Waals surface area contributed by atoms with Gasteiger partial charge < -0.3 is 0 Å². The number of nitriles is 2. The fourth-order valence-corrected chi connectivity index (χ4v) is 6.75. The molecule has 0 N–H and O–H groups in total. The maximum atomic E-state index is 12.7. The standard InChI is InChI=1S/C12H14ClN3OS.C8H8ClN3OS.CH4.H2/c1-18(17,16-9-14)12(6-2-3-7-12)10-4-5-11(13)15-8-10;1-14(13,12-6-10)5-7-2-3-8(9)11-4-7;;/h4-5,8H,2-3,6-7H2,1H3;2-4H,5H2,1H3;1H4;1H/i;;;1+1. The quantitative estimate of drug-likeness (QED) is 0.362. The van der Waals surface area contributed by atoms with Gasteiger partial charge in [0.1, 0.15) is 10.3 Å². The zero-order chi connectivity index (χ0) is 23.8. The van der Waals surface area contributed by atoms with Crippen LogP contribution in [-0.2, 0) is 30.0 Å². The number of aromatic nitrogens is 2. The summed E-state index contributed by atoms with van der Waals surface area (Å²) in [6.07, 6.45) is 13.0. The molecule has 1 saturated carbocycles. The SMILES string of the molecule is C.CS(=O)(=NC#N)C1(c2ccc(Cl)nc2)CCCC1.CS(=O)(Cc1ccc(Cl)nc1)=NC#N.[2HH]. The molecule has 3 rings (SSSR count). The predicted octanol–water partition coefficient (Wildman–Crippen LogP) is 5.78. The average Bonchev–Trinajstić information content (AvgIpc) is 3.22. The summed E-state index contributed by atoms with van der Waals surface area (Å²) in [5.74, 6) is 0.213.